The van der Waals surface area contributed by atoms with Gasteiger partial charge in [-0.1, -0.05) is 38.1 Å². The lowest BCUT2D eigenvalue weighted by molar-refractivity contribution is -0.139. The summed E-state index contributed by atoms with van der Waals surface area (Å²) in [4.78, 5) is 29.1. The van der Waals surface area contributed by atoms with E-state index in [9.17, 15) is 9.59 Å². The summed E-state index contributed by atoms with van der Waals surface area (Å²) < 4.78 is 5.09. The van der Waals surface area contributed by atoms with Crippen LogP contribution in [0.4, 0.5) is 0 Å². The number of hydrogen-bond donors (Lipinski definition) is 1. The molecule has 0 saturated heterocycles. The van der Waals surface area contributed by atoms with E-state index in [1.165, 1.54) is 12.3 Å². The van der Waals surface area contributed by atoms with Crippen molar-refractivity contribution in [3.05, 3.63) is 34.8 Å². The van der Waals surface area contributed by atoms with Crippen LogP contribution in [0.3, 0.4) is 0 Å². The third-order valence-electron chi connectivity index (χ3n) is 2.87. The van der Waals surface area contributed by atoms with E-state index in [1.807, 2.05) is 6.92 Å². The first kappa shape index (κ1) is 17.5. The molecule has 1 rings (SSSR count). The molecule has 0 amide bonds. The Morgan fingerprint density at radius 3 is 2.86 bits per heavy atom. The molecule has 6 heteroatoms. The maximum atomic E-state index is 11.3. The van der Waals surface area contributed by atoms with Gasteiger partial charge in [0.2, 0.25) is 0 Å². The minimum absolute atomic E-state index is 0.122. The number of ether oxygens (including phenoxy) is 1. The molecule has 1 aromatic heterocycles. The Morgan fingerprint density at radius 1 is 1.38 bits per heavy atom. The molecule has 116 valence electrons. The second-order valence-corrected chi connectivity index (χ2v) is 5.68. The Balaban J connectivity index is 1.99. The predicted octanol–water partition coefficient (Wildman–Crippen LogP) is 2.93. The average Bonchev–Trinajstić information content (AvgIpc) is 2.48. The molecule has 1 heterocycles. The van der Waals surface area contributed by atoms with Crippen molar-refractivity contribution in [2.24, 2.45) is 0 Å². The smallest absolute Gasteiger partial charge is 0.333 e. The van der Waals surface area contributed by atoms with E-state index < -0.39 is 0 Å². The molecule has 0 radical (unpaired) electrons. The number of thioether (sulfide) groups is 1. The van der Waals surface area contributed by atoms with Gasteiger partial charge in [0, 0.05) is 23.6 Å². The Bertz CT molecular complexity index is 514. The molecule has 0 aliphatic heterocycles. The van der Waals surface area contributed by atoms with E-state index in [0.29, 0.717) is 23.8 Å². The molecule has 1 N–H and O–H groups in total. The zero-order chi connectivity index (χ0) is 15.5. The van der Waals surface area contributed by atoms with Crippen molar-refractivity contribution in [1.82, 2.24) is 9.97 Å². The molecule has 0 aliphatic carbocycles. The highest BCUT2D eigenvalue weighted by Crippen LogP contribution is 2.13. The lowest BCUT2D eigenvalue weighted by atomic mass is 10.2. The quantitative estimate of drug-likeness (QED) is 0.236. The molecule has 0 unspecified atom stereocenters. The number of nitrogens with one attached hydrogen (secondary N) is 1. The zero-order valence-corrected chi connectivity index (χ0v) is 13.2. The third kappa shape index (κ3) is 7.70. The minimum atomic E-state index is -0.285. The van der Waals surface area contributed by atoms with E-state index in [1.54, 1.807) is 11.8 Å². The number of nitrogens with zero attached hydrogens (tertiary/aromatic N) is 1. The Hall–Kier alpha value is -1.56. The second-order valence-electron chi connectivity index (χ2n) is 4.59. The SMILES string of the molecule is C=C(CC)C(=O)OCCCCCCSc1nccc(=O)[nH]1. The molecule has 5 nitrogen and oxygen atoms in total. The predicted molar refractivity (Wildman–Crippen MR) is 84.4 cm³/mol. The number of carbonyl (C=O) groups excluding carboxylic acids is 1. The topological polar surface area (TPSA) is 72.0 Å². The van der Waals surface area contributed by atoms with Crippen molar-refractivity contribution < 1.29 is 9.53 Å². The number of rotatable bonds is 10. The average molecular weight is 310 g/mol. The second kappa shape index (κ2) is 10.2. The van der Waals surface area contributed by atoms with Crippen LogP contribution in [0.5, 0.6) is 0 Å². The first-order valence-corrected chi connectivity index (χ1v) is 8.15. The van der Waals surface area contributed by atoms with Crippen molar-refractivity contribution in [2.45, 2.75) is 44.2 Å². The maximum Gasteiger partial charge on any atom is 0.333 e. The van der Waals surface area contributed by atoms with Gasteiger partial charge in [-0.2, -0.15) is 0 Å². The van der Waals surface area contributed by atoms with Crippen LogP contribution in [-0.2, 0) is 9.53 Å². The van der Waals surface area contributed by atoms with E-state index in [4.69, 9.17) is 4.74 Å². The molecule has 0 aromatic carbocycles. The monoisotopic (exact) mass is 310 g/mol. The fourth-order valence-corrected chi connectivity index (χ4v) is 2.41. The van der Waals surface area contributed by atoms with Gasteiger partial charge >= 0.3 is 5.97 Å². The van der Waals surface area contributed by atoms with Crippen molar-refractivity contribution in [1.29, 1.82) is 0 Å². The van der Waals surface area contributed by atoms with Crippen LogP contribution >= 0.6 is 11.8 Å². The van der Waals surface area contributed by atoms with Crippen LogP contribution in [-0.4, -0.2) is 28.3 Å². The maximum absolute atomic E-state index is 11.3. The minimum Gasteiger partial charge on any atom is -0.462 e. The highest BCUT2D eigenvalue weighted by molar-refractivity contribution is 7.99. The Morgan fingerprint density at radius 2 is 2.14 bits per heavy atom. The van der Waals surface area contributed by atoms with E-state index >= 15 is 0 Å². The normalized spacial score (nSPS) is 10.3. The lowest BCUT2D eigenvalue weighted by Gasteiger charge is -2.05. The first-order chi connectivity index (χ1) is 10.1. The van der Waals surface area contributed by atoms with Gasteiger partial charge in [0.25, 0.3) is 5.56 Å². The largest absolute Gasteiger partial charge is 0.462 e. The van der Waals surface area contributed by atoms with Crippen LogP contribution in [0.1, 0.15) is 39.0 Å². The van der Waals surface area contributed by atoms with E-state index in [-0.39, 0.29) is 11.5 Å². The van der Waals surface area contributed by atoms with Gasteiger partial charge in [0.05, 0.1) is 6.61 Å². The molecule has 0 atom stereocenters. The summed E-state index contributed by atoms with van der Waals surface area (Å²) in [6, 6.07) is 1.40. The standard InChI is InChI=1S/C15H22N2O3S/c1-3-12(2)14(19)20-10-6-4-5-7-11-21-15-16-9-8-13(18)17-15/h8-9H,2-7,10-11H2,1H3,(H,16,17,18). The molecular formula is C15H22N2O3S. The summed E-state index contributed by atoms with van der Waals surface area (Å²) in [5.41, 5.74) is 0.402. The number of carbonyl (C=O) groups is 1. The highest BCUT2D eigenvalue weighted by Gasteiger charge is 2.05. The number of aromatic amines is 1. The van der Waals surface area contributed by atoms with Crippen molar-refractivity contribution >= 4 is 17.7 Å². The molecule has 0 fully saturated rings. The Kier molecular flexibility index (Phi) is 8.50. The summed E-state index contributed by atoms with van der Waals surface area (Å²) in [6.45, 7) is 5.98. The first-order valence-electron chi connectivity index (χ1n) is 7.16. The molecule has 1 aromatic rings. The molecule has 0 saturated carbocycles. The number of esters is 1. The molecule has 21 heavy (non-hydrogen) atoms. The zero-order valence-electron chi connectivity index (χ0n) is 12.4. The molecule has 0 spiro atoms. The van der Waals surface area contributed by atoms with E-state index in [0.717, 1.165) is 31.4 Å². The highest BCUT2D eigenvalue weighted by atomic mass is 32.2. The van der Waals surface area contributed by atoms with Gasteiger partial charge in [-0.3, -0.25) is 4.79 Å². The van der Waals surface area contributed by atoms with Gasteiger partial charge in [-0.05, 0) is 19.3 Å². The summed E-state index contributed by atoms with van der Waals surface area (Å²) in [7, 11) is 0. The lowest BCUT2D eigenvalue weighted by Crippen LogP contribution is -2.07. The van der Waals surface area contributed by atoms with Crippen LogP contribution in [0, 0.1) is 0 Å². The number of H-pyrrole nitrogens is 1. The summed E-state index contributed by atoms with van der Waals surface area (Å²) in [5, 5.41) is 0.662. The van der Waals surface area contributed by atoms with Crippen molar-refractivity contribution in [3.63, 3.8) is 0 Å². The third-order valence-corrected chi connectivity index (χ3v) is 3.85. The van der Waals surface area contributed by atoms with E-state index in [2.05, 4.69) is 16.5 Å². The number of aromatic nitrogens is 2. The van der Waals surface area contributed by atoms with Gasteiger partial charge in [0.15, 0.2) is 5.16 Å². The fourth-order valence-electron chi connectivity index (χ4n) is 1.56. The summed E-state index contributed by atoms with van der Waals surface area (Å²) in [6.07, 6.45) is 6.14. The summed E-state index contributed by atoms with van der Waals surface area (Å²) in [5.74, 6) is 0.631. The fraction of sp³-hybridized carbons (Fsp3) is 0.533. The number of unbranched alkanes of at least 4 members (excludes halogenated alkanes) is 3. The molecule has 0 bridgehead atoms. The van der Waals surface area contributed by atoms with Crippen LogP contribution in [0.2, 0.25) is 0 Å². The molecule has 0 aliphatic rings. The number of hydrogen-bond acceptors (Lipinski definition) is 5. The van der Waals surface area contributed by atoms with Crippen LogP contribution in [0.25, 0.3) is 0 Å². The van der Waals surface area contributed by atoms with Gasteiger partial charge in [0.1, 0.15) is 0 Å². The Labute approximate surface area is 129 Å². The van der Waals surface area contributed by atoms with Gasteiger partial charge < -0.3 is 9.72 Å². The van der Waals surface area contributed by atoms with Gasteiger partial charge in [-0.15, -0.1) is 0 Å². The molecular weight excluding hydrogens is 288 g/mol. The van der Waals surface area contributed by atoms with Crippen molar-refractivity contribution in [3.8, 4) is 0 Å². The summed E-state index contributed by atoms with van der Waals surface area (Å²) >= 11 is 1.55. The van der Waals surface area contributed by atoms with Crippen molar-refractivity contribution in [2.75, 3.05) is 12.4 Å². The van der Waals surface area contributed by atoms with Crippen LogP contribution in [0.15, 0.2) is 34.4 Å². The van der Waals surface area contributed by atoms with Gasteiger partial charge in [-0.25, -0.2) is 9.78 Å². The van der Waals surface area contributed by atoms with Crippen LogP contribution < -0.4 is 5.56 Å².